The fraction of sp³-hybridized carbons (Fsp3) is 0.105. The van der Waals surface area contributed by atoms with Crippen molar-refractivity contribution < 1.29 is 19.5 Å². The van der Waals surface area contributed by atoms with E-state index in [0.717, 1.165) is 0 Å². The number of rotatable bonds is 7. The molecule has 7 heteroatoms. The molecule has 6 nitrogen and oxygen atoms in total. The van der Waals surface area contributed by atoms with Gasteiger partial charge < -0.3 is 20.5 Å². The predicted molar refractivity (Wildman–Crippen MR) is 96.0 cm³/mol. The van der Waals surface area contributed by atoms with Crippen molar-refractivity contribution in [3.63, 3.8) is 0 Å². The lowest BCUT2D eigenvalue weighted by molar-refractivity contribution is -0.305. The smallest absolute Gasteiger partial charge is 0.267 e. The first-order chi connectivity index (χ1) is 12.5. The Morgan fingerprint density at radius 2 is 1.65 bits per heavy atom. The van der Waals surface area contributed by atoms with Crippen LogP contribution < -0.4 is 15.7 Å². The zero-order valence-corrected chi connectivity index (χ0v) is 14.5. The van der Waals surface area contributed by atoms with Crippen LogP contribution in [0.1, 0.15) is 22.3 Å². The van der Waals surface area contributed by atoms with Crippen molar-refractivity contribution in [3.8, 4) is 0 Å². The second-order valence-corrected chi connectivity index (χ2v) is 5.74. The largest absolute Gasteiger partial charge is 0.550 e. The van der Waals surface area contributed by atoms with Gasteiger partial charge in [0, 0.05) is 29.5 Å². The van der Waals surface area contributed by atoms with Gasteiger partial charge >= 0.3 is 0 Å². The van der Waals surface area contributed by atoms with Crippen molar-refractivity contribution in [2.45, 2.75) is 6.42 Å². The average molecular weight is 372 g/mol. The number of benzene rings is 2. The molecule has 2 aromatic rings. The maximum absolute atomic E-state index is 12.3. The van der Waals surface area contributed by atoms with Crippen LogP contribution in [0.15, 0.2) is 60.3 Å². The fourth-order valence-electron chi connectivity index (χ4n) is 2.04. The lowest BCUT2D eigenvalue weighted by Crippen LogP contribution is -2.37. The third-order valence-corrected chi connectivity index (χ3v) is 3.58. The minimum absolute atomic E-state index is 0.0143. The Hall–Kier alpha value is -3.12. The number of hydrogen-bond donors (Lipinski definition) is 2. The number of hydrogen-bond acceptors (Lipinski definition) is 4. The second-order valence-electron chi connectivity index (χ2n) is 5.31. The molecule has 0 saturated heterocycles. The second kappa shape index (κ2) is 9.39. The van der Waals surface area contributed by atoms with Gasteiger partial charge in [0.05, 0.1) is 0 Å². The minimum atomic E-state index is -1.28. The van der Waals surface area contributed by atoms with E-state index in [2.05, 4.69) is 10.6 Å². The standard InChI is InChI=1S/C19H17ClN2O4/c20-15-8-6-13(7-9-15)12-16(19(26)21-11-10-17(23)24)22-18(25)14-4-2-1-3-5-14/h1-9,12H,10-11H2,(H,21,26)(H,22,25)(H,23,24)/p-1/b16-12-. The number of carbonyl (C=O) groups is 3. The highest BCUT2D eigenvalue weighted by Gasteiger charge is 2.14. The number of halogens is 1. The molecule has 2 N–H and O–H groups in total. The molecular weight excluding hydrogens is 356 g/mol. The van der Waals surface area contributed by atoms with E-state index in [9.17, 15) is 19.5 Å². The Bertz CT molecular complexity index is 817. The lowest BCUT2D eigenvalue weighted by Gasteiger charge is -2.11. The summed E-state index contributed by atoms with van der Waals surface area (Å²) in [4.78, 5) is 35.1. The summed E-state index contributed by atoms with van der Waals surface area (Å²) in [6.45, 7) is -0.111. The summed E-state index contributed by atoms with van der Waals surface area (Å²) in [7, 11) is 0. The molecule has 0 saturated carbocycles. The van der Waals surface area contributed by atoms with E-state index in [4.69, 9.17) is 11.6 Å². The molecule has 0 heterocycles. The molecule has 0 bridgehead atoms. The van der Waals surface area contributed by atoms with Crippen LogP contribution in [0, 0.1) is 0 Å². The summed E-state index contributed by atoms with van der Waals surface area (Å²) in [6.07, 6.45) is 1.15. The highest BCUT2D eigenvalue weighted by Crippen LogP contribution is 2.12. The van der Waals surface area contributed by atoms with E-state index in [-0.39, 0.29) is 18.7 Å². The molecule has 0 aliphatic heterocycles. The Kier molecular flexibility index (Phi) is 6.93. The summed E-state index contributed by atoms with van der Waals surface area (Å²) in [5, 5.41) is 16.0. The van der Waals surface area contributed by atoms with Crippen molar-refractivity contribution in [3.05, 3.63) is 76.4 Å². The summed E-state index contributed by atoms with van der Waals surface area (Å²) >= 11 is 5.84. The molecule has 0 aromatic heterocycles. The number of carbonyl (C=O) groups excluding carboxylic acids is 3. The van der Waals surface area contributed by atoms with Crippen molar-refractivity contribution in [1.82, 2.24) is 10.6 Å². The Morgan fingerprint density at radius 3 is 2.27 bits per heavy atom. The summed E-state index contributed by atoms with van der Waals surface area (Å²) in [5.74, 6) is -2.34. The number of carboxylic acids is 1. The first-order valence-corrected chi connectivity index (χ1v) is 8.15. The number of aliphatic carboxylic acids is 1. The average Bonchev–Trinajstić information content (AvgIpc) is 2.63. The van der Waals surface area contributed by atoms with Gasteiger partial charge in [-0.1, -0.05) is 41.9 Å². The van der Waals surface area contributed by atoms with Gasteiger partial charge in [-0.3, -0.25) is 9.59 Å². The summed E-state index contributed by atoms with van der Waals surface area (Å²) in [6, 6.07) is 15.1. The van der Waals surface area contributed by atoms with Crippen LogP contribution in [0.25, 0.3) is 6.08 Å². The van der Waals surface area contributed by atoms with E-state index in [1.807, 2.05) is 0 Å². The number of nitrogens with one attached hydrogen (secondary N) is 2. The molecule has 2 amide bonds. The van der Waals surface area contributed by atoms with Gasteiger partial charge in [0.25, 0.3) is 11.8 Å². The van der Waals surface area contributed by atoms with E-state index in [1.165, 1.54) is 6.08 Å². The molecule has 0 spiro atoms. The predicted octanol–water partition coefficient (Wildman–Crippen LogP) is 1.37. The summed E-state index contributed by atoms with van der Waals surface area (Å²) in [5.41, 5.74) is 1.02. The van der Waals surface area contributed by atoms with E-state index in [0.29, 0.717) is 16.1 Å². The number of amides is 2. The first-order valence-electron chi connectivity index (χ1n) is 7.77. The van der Waals surface area contributed by atoms with E-state index in [1.54, 1.807) is 54.6 Å². The van der Waals surface area contributed by atoms with Crippen molar-refractivity contribution in [1.29, 1.82) is 0 Å². The monoisotopic (exact) mass is 371 g/mol. The molecule has 2 rings (SSSR count). The van der Waals surface area contributed by atoms with Gasteiger partial charge in [-0.25, -0.2) is 0 Å². The van der Waals surface area contributed by atoms with E-state index >= 15 is 0 Å². The molecule has 134 valence electrons. The van der Waals surface area contributed by atoms with Crippen LogP contribution in [0.5, 0.6) is 0 Å². The van der Waals surface area contributed by atoms with Crippen molar-refractivity contribution in [2.75, 3.05) is 6.54 Å². The highest BCUT2D eigenvalue weighted by atomic mass is 35.5. The fourth-order valence-corrected chi connectivity index (χ4v) is 2.17. The van der Waals surface area contributed by atoms with Gasteiger partial charge in [-0.2, -0.15) is 0 Å². The molecule has 0 radical (unpaired) electrons. The van der Waals surface area contributed by atoms with Crippen LogP contribution in [-0.2, 0) is 9.59 Å². The molecule has 0 unspecified atom stereocenters. The van der Waals surface area contributed by atoms with Gasteiger partial charge in [-0.05, 0) is 35.9 Å². The quantitative estimate of drug-likeness (QED) is 0.718. The first kappa shape index (κ1) is 19.2. The van der Waals surface area contributed by atoms with Gasteiger partial charge in [0.2, 0.25) is 0 Å². The Morgan fingerprint density at radius 1 is 1.00 bits per heavy atom. The van der Waals surface area contributed by atoms with Crippen LogP contribution in [0.2, 0.25) is 5.02 Å². The lowest BCUT2D eigenvalue weighted by atomic mass is 10.1. The molecular formula is C19H16ClN2O4-. The number of carboxylic acid groups (broad SMARTS) is 1. The topological polar surface area (TPSA) is 98.3 Å². The highest BCUT2D eigenvalue weighted by molar-refractivity contribution is 6.30. The maximum Gasteiger partial charge on any atom is 0.267 e. The SMILES string of the molecule is O=C([O-])CCNC(=O)/C(=C/c1ccc(Cl)cc1)NC(=O)c1ccccc1. The zero-order chi connectivity index (χ0) is 18.9. The molecule has 0 fully saturated rings. The van der Waals surface area contributed by atoms with Crippen LogP contribution in [0.3, 0.4) is 0 Å². The van der Waals surface area contributed by atoms with Crippen molar-refractivity contribution >= 4 is 35.5 Å². The van der Waals surface area contributed by atoms with Gasteiger partial charge in [-0.15, -0.1) is 0 Å². The summed E-state index contributed by atoms with van der Waals surface area (Å²) < 4.78 is 0. The molecule has 0 aliphatic rings. The van der Waals surface area contributed by atoms with Crippen LogP contribution in [0.4, 0.5) is 0 Å². The van der Waals surface area contributed by atoms with Crippen LogP contribution in [-0.4, -0.2) is 24.3 Å². The molecule has 2 aromatic carbocycles. The van der Waals surface area contributed by atoms with Gasteiger partial charge in [0.1, 0.15) is 5.70 Å². The van der Waals surface area contributed by atoms with Gasteiger partial charge in [0.15, 0.2) is 0 Å². The molecule has 0 atom stereocenters. The Labute approximate surface area is 155 Å². The Balaban J connectivity index is 2.20. The molecule has 0 aliphatic carbocycles. The zero-order valence-electron chi connectivity index (χ0n) is 13.7. The minimum Gasteiger partial charge on any atom is -0.550 e. The third-order valence-electron chi connectivity index (χ3n) is 3.32. The normalized spacial score (nSPS) is 10.9. The molecule has 26 heavy (non-hydrogen) atoms. The van der Waals surface area contributed by atoms with Crippen LogP contribution >= 0.6 is 11.6 Å². The third kappa shape index (κ3) is 6.07. The maximum atomic E-state index is 12.3. The van der Waals surface area contributed by atoms with E-state index < -0.39 is 17.8 Å². The van der Waals surface area contributed by atoms with Crippen molar-refractivity contribution in [2.24, 2.45) is 0 Å².